The van der Waals surface area contributed by atoms with E-state index in [-0.39, 0.29) is 18.5 Å². The van der Waals surface area contributed by atoms with E-state index in [0.29, 0.717) is 5.02 Å². The Morgan fingerprint density at radius 1 is 1.00 bits per heavy atom. The fraction of sp³-hybridized carbons (Fsp3) is 0.105. The van der Waals surface area contributed by atoms with Gasteiger partial charge in [0.15, 0.2) is 0 Å². The summed E-state index contributed by atoms with van der Waals surface area (Å²) < 4.78 is 0. The minimum Gasteiger partial charge on any atom is -0.375 e. The van der Waals surface area contributed by atoms with Gasteiger partial charge >= 0.3 is 0 Å². The molecule has 0 bridgehead atoms. The van der Waals surface area contributed by atoms with Crippen LogP contribution in [0.3, 0.4) is 0 Å². The predicted octanol–water partition coefficient (Wildman–Crippen LogP) is 4.72. The Kier molecular flexibility index (Phi) is 5.51. The van der Waals surface area contributed by atoms with Gasteiger partial charge in [0.05, 0.1) is 23.3 Å². The number of carbonyl (C=O) groups is 1. The van der Waals surface area contributed by atoms with Crippen molar-refractivity contribution in [2.24, 2.45) is 0 Å². The topological polar surface area (TPSA) is 41.1 Å². The number of nitrogens with one attached hydrogen (secondary N) is 2. The normalized spacial score (nSPS) is 11.7. The maximum atomic E-state index is 12.4. The van der Waals surface area contributed by atoms with Crippen LogP contribution in [0.25, 0.3) is 0 Å². The lowest BCUT2D eigenvalue weighted by Crippen LogP contribution is -2.33. The highest BCUT2D eigenvalue weighted by atomic mass is 35.5. The van der Waals surface area contributed by atoms with Gasteiger partial charge < -0.3 is 10.6 Å². The number of hydrogen-bond acceptors (Lipinski definition) is 3. The molecule has 122 valence electrons. The molecule has 0 aliphatic carbocycles. The molecule has 0 aliphatic rings. The molecular formula is C19H17ClN2OS. The van der Waals surface area contributed by atoms with Crippen LogP contribution in [0.4, 0.5) is 5.69 Å². The number of rotatable bonds is 6. The first-order valence-electron chi connectivity index (χ1n) is 7.60. The van der Waals surface area contributed by atoms with E-state index in [9.17, 15) is 4.79 Å². The first kappa shape index (κ1) is 16.6. The van der Waals surface area contributed by atoms with E-state index in [1.54, 1.807) is 17.4 Å². The summed E-state index contributed by atoms with van der Waals surface area (Å²) in [5.41, 5.74) is 1.81. The standard InChI is InChI=1S/C19H17ClN2OS/c20-15-9-4-5-10-16(15)21-13-18(23)22-19(17-11-6-12-24-17)14-7-2-1-3-8-14/h1-12,19,21H,13H2,(H,22,23). The number of carbonyl (C=O) groups excluding carboxylic acids is 1. The van der Waals surface area contributed by atoms with E-state index in [1.807, 2.05) is 66.0 Å². The van der Waals surface area contributed by atoms with Crippen LogP contribution in [0.1, 0.15) is 16.5 Å². The summed E-state index contributed by atoms with van der Waals surface area (Å²) in [5, 5.41) is 8.78. The molecule has 0 aliphatic heterocycles. The van der Waals surface area contributed by atoms with Crippen LogP contribution in [-0.4, -0.2) is 12.5 Å². The molecule has 5 heteroatoms. The zero-order valence-corrected chi connectivity index (χ0v) is 14.5. The minimum absolute atomic E-state index is 0.0860. The molecule has 1 unspecified atom stereocenters. The van der Waals surface area contributed by atoms with Gasteiger partial charge in [0.25, 0.3) is 0 Å². The summed E-state index contributed by atoms with van der Waals surface area (Å²) >= 11 is 7.73. The molecule has 1 heterocycles. The third-order valence-corrected chi connectivity index (χ3v) is 4.85. The smallest absolute Gasteiger partial charge is 0.240 e. The number of anilines is 1. The Bertz CT molecular complexity index is 790. The van der Waals surface area contributed by atoms with Crippen molar-refractivity contribution in [3.05, 3.63) is 87.6 Å². The molecule has 0 radical (unpaired) electrons. The van der Waals surface area contributed by atoms with Gasteiger partial charge in [-0.3, -0.25) is 4.79 Å². The van der Waals surface area contributed by atoms with Crippen LogP contribution in [0, 0.1) is 0 Å². The molecule has 3 rings (SSSR count). The first-order chi connectivity index (χ1) is 11.7. The van der Waals surface area contributed by atoms with Crippen molar-refractivity contribution < 1.29 is 4.79 Å². The number of halogens is 1. The van der Waals surface area contributed by atoms with Gasteiger partial charge in [0.1, 0.15) is 0 Å². The molecule has 1 amide bonds. The largest absolute Gasteiger partial charge is 0.375 e. The Labute approximate surface area is 150 Å². The van der Waals surface area contributed by atoms with E-state index < -0.39 is 0 Å². The van der Waals surface area contributed by atoms with Crippen molar-refractivity contribution >= 4 is 34.5 Å². The summed E-state index contributed by atoms with van der Waals surface area (Å²) in [5.74, 6) is -0.0860. The van der Waals surface area contributed by atoms with Crippen molar-refractivity contribution in [2.75, 3.05) is 11.9 Å². The summed E-state index contributed by atoms with van der Waals surface area (Å²) in [6, 6.07) is 21.2. The molecule has 2 N–H and O–H groups in total. The molecule has 1 aromatic heterocycles. The molecule has 0 spiro atoms. The maximum absolute atomic E-state index is 12.4. The van der Waals surface area contributed by atoms with Crippen LogP contribution in [0.5, 0.6) is 0 Å². The fourth-order valence-corrected chi connectivity index (χ4v) is 3.42. The van der Waals surface area contributed by atoms with Crippen LogP contribution in [-0.2, 0) is 4.79 Å². The fourth-order valence-electron chi connectivity index (χ4n) is 2.41. The quantitative estimate of drug-likeness (QED) is 0.671. The van der Waals surface area contributed by atoms with Gasteiger partial charge in [-0.05, 0) is 29.1 Å². The second-order valence-electron chi connectivity index (χ2n) is 5.26. The second-order valence-corrected chi connectivity index (χ2v) is 6.65. The molecular weight excluding hydrogens is 340 g/mol. The minimum atomic E-state index is -0.147. The highest BCUT2D eigenvalue weighted by Gasteiger charge is 2.17. The molecule has 3 nitrogen and oxygen atoms in total. The average Bonchev–Trinajstić information content (AvgIpc) is 3.14. The van der Waals surface area contributed by atoms with Crippen molar-refractivity contribution in [3.63, 3.8) is 0 Å². The third-order valence-electron chi connectivity index (χ3n) is 3.58. The van der Waals surface area contributed by atoms with Gasteiger partial charge in [-0.25, -0.2) is 0 Å². The Hall–Kier alpha value is -2.30. The Balaban J connectivity index is 1.69. The van der Waals surface area contributed by atoms with Crippen molar-refractivity contribution in [1.29, 1.82) is 0 Å². The molecule has 0 fully saturated rings. The second kappa shape index (κ2) is 7.99. The van der Waals surface area contributed by atoms with Gasteiger partial charge in [0, 0.05) is 4.88 Å². The van der Waals surface area contributed by atoms with Gasteiger partial charge in [-0.15, -0.1) is 11.3 Å². The zero-order chi connectivity index (χ0) is 16.8. The number of amides is 1. The van der Waals surface area contributed by atoms with Crippen molar-refractivity contribution in [1.82, 2.24) is 5.32 Å². The number of thiophene rings is 1. The number of para-hydroxylation sites is 1. The zero-order valence-electron chi connectivity index (χ0n) is 12.9. The highest BCUT2D eigenvalue weighted by molar-refractivity contribution is 7.10. The number of hydrogen-bond donors (Lipinski definition) is 2. The maximum Gasteiger partial charge on any atom is 0.240 e. The van der Waals surface area contributed by atoms with Crippen LogP contribution >= 0.6 is 22.9 Å². The van der Waals surface area contributed by atoms with E-state index in [2.05, 4.69) is 10.6 Å². The summed E-state index contributed by atoms with van der Waals surface area (Å²) in [7, 11) is 0. The first-order valence-corrected chi connectivity index (χ1v) is 8.86. The van der Waals surface area contributed by atoms with E-state index in [4.69, 9.17) is 11.6 Å². The summed E-state index contributed by atoms with van der Waals surface area (Å²) in [6.07, 6.45) is 0. The SMILES string of the molecule is O=C(CNc1ccccc1Cl)NC(c1ccccc1)c1cccs1. The van der Waals surface area contributed by atoms with Gasteiger partial charge in [-0.1, -0.05) is 60.1 Å². The third kappa shape index (κ3) is 4.16. The molecule has 0 saturated heterocycles. The summed E-state index contributed by atoms with van der Waals surface area (Å²) in [4.78, 5) is 13.5. The molecule has 1 atom stereocenters. The van der Waals surface area contributed by atoms with Crippen molar-refractivity contribution in [3.8, 4) is 0 Å². The van der Waals surface area contributed by atoms with Crippen LogP contribution in [0.2, 0.25) is 5.02 Å². The lowest BCUT2D eigenvalue weighted by Gasteiger charge is -2.18. The van der Waals surface area contributed by atoms with Gasteiger partial charge in [0.2, 0.25) is 5.91 Å². The van der Waals surface area contributed by atoms with Crippen molar-refractivity contribution in [2.45, 2.75) is 6.04 Å². The molecule has 3 aromatic rings. The van der Waals surface area contributed by atoms with E-state index in [1.165, 1.54) is 0 Å². The van der Waals surface area contributed by atoms with Crippen LogP contribution in [0.15, 0.2) is 72.1 Å². The van der Waals surface area contributed by atoms with E-state index in [0.717, 1.165) is 16.1 Å². The molecule has 24 heavy (non-hydrogen) atoms. The lowest BCUT2D eigenvalue weighted by atomic mass is 10.1. The predicted molar refractivity (Wildman–Crippen MR) is 101 cm³/mol. The Morgan fingerprint density at radius 2 is 1.75 bits per heavy atom. The monoisotopic (exact) mass is 356 g/mol. The molecule has 2 aromatic carbocycles. The summed E-state index contributed by atoms with van der Waals surface area (Å²) in [6.45, 7) is 0.165. The van der Waals surface area contributed by atoms with Gasteiger partial charge in [-0.2, -0.15) is 0 Å². The molecule has 0 saturated carbocycles. The van der Waals surface area contributed by atoms with E-state index >= 15 is 0 Å². The average molecular weight is 357 g/mol. The lowest BCUT2D eigenvalue weighted by molar-refractivity contribution is -0.119. The number of benzene rings is 2. The Morgan fingerprint density at radius 3 is 2.46 bits per heavy atom. The van der Waals surface area contributed by atoms with Crippen LogP contribution < -0.4 is 10.6 Å². The highest BCUT2D eigenvalue weighted by Crippen LogP contribution is 2.26.